The molecule has 1 aromatic rings. The molecular weight excluding hydrogens is 311 g/mol. The number of nitrogens with zero attached hydrogens (tertiary/aromatic N) is 1. The number of rotatable bonds is 6. The number of nitrogens with one attached hydrogen (secondary N) is 1. The van der Waals surface area contributed by atoms with Crippen LogP contribution in [0.1, 0.15) is 53.3 Å². The van der Waals surface area contributed by atoms with E-state index < -0.39 is 26.3 Å². The minimum Gasteiger partial charge on any atom is -0.402 e. The summed E-state index contributed by atoms with van der Waals surface area (Å²) in [5.41, 5.74) is 1.36. The first-order chi connectivity index (χ1) is 10.7. The highest BCUT2D eigenvalue weighted by atomic mass is 28.4. The molecule has 0 unspecified atom stereocenters. The summed E-state index contributed by atoms with van der Waals surface area (Å²) in [5, 5.41) is 2.75. The Labute approximate surface area is 139 Å². The Kier molecular flexibility index (Phi) is 5.26. The van der Waals surface area contributed by atoms with E-state index in [2.05, 4.69) is 51.8 Å². The predicted octanol–water partition coefficient (Wildman–Crippen LogP) is 3.95. The normalized spacial score (nSPS) is 21.7. The summed E-state index contributed by atoms with van der Waals surface area (Å²) in [6.07, 6.45) is 0.899. The highest BCUT2D eigenvalue weighted by molar-refractivity contribution is 6.77. The van der Waals surface area contributed by atoms with E-state index in [0.717, 1.165) is 0 Å². The summed E-state index contributed by atoms with van der Waals surface area (Å²) < 4.78 is 20.5. The lowest BCUT2D eigenvalue weighted by Crippen LogP contribution is -2.63. The molecule has 1 aliphatic rings. The van der Waals surface area contributed by atoms with Crippen LogP contribution in [0, 0.1) is 5.82 Å². The molecule has 1 saturated heterocycles. The standard InChI is InChI=1S/C17H27FN2O2Si/c1-10(2)23(11(3)4,12(5)6)22-16-15(20-17(16)21)14-13(18)8-7-9-19-14/h7-12,15-16H,1-6H3,(H,20,21)/t15-,16+/m0/s1. The molecule has 1 fully saturated rings. The third-order valence-electron chi connectivity index (χ3n) is 4.98. The molecule has 2 atom stereocenters. The van der Waals surface area contributed by atoms with E-state index >= 15 is 0 Å². The van der Waals surface area contributed by atoms with Crippen LogP contribution in [0.2, 0.25) is 16.6 Å². The van der Waals surface area contributed by atoms with Gasteiger partial charge in [0, 0.05) is 6.20 Å². The number of carbonyl (C=O) groups is 1. The summed E-state index contributed by atoms with van der Waals surface area (Å²) in [7, 11) is -2.21. The van der Waals surface area contributed by atoms with E-state index in [4.69, 9.17) is 4.43 Å². The van der Waals surface area contributed by atoms with Crippen LogP contribution in [-0.4, -0.2) is 25.3 Å². The number of carbonyl (C=O) groups excluding carboxylic acids is 1. The zero-order valence-corrected chi connectivity index (χ0v) is 15.8. The Morgan fingerprint density at radius 1 is 1.17 bits per heavy atom. The van der Waals surface area contributed by atoms with Crippen LogP contribution in [-0.2, 0) is 9.22 Å². The third-order valence-corrected chi connectivity index (χ3v) is 11.1. The topological polar surface area (TPSA) is 51.2 Å². The van der Waals surface area contributed by atoms with Crippen molar-refractivity contribution in [3.8, 4) is 0 Å². The van der Waals surface area contributed by atoms with Gasteiger partial charge in [-0.15, -0.1) is 0 Å². The number of hydrogen-bond donors (Lipinski definition) is 1. The zero-order valence-electron chi connectivity index (χ0n) is 14.8. The van der Waals surface area contributed by atoms with Gasteiger partial charge >= 0.3 is 0 Å². The molecule has 0 bridgehead atoms. The van der Waals surface area contributed by atoms with Crippen LogP contribution in [0.4, 0.5) is 4.39 Å². The Morgan fingerprint density at radius 2 is 1.74 bits per heavy atom. The van der Waals surface area contributed by atoms with Crippen molar-refractivity contribution in [2.75, 3.05) is 0 Å². The van der Waals surface area contributed by atoms with Crippen molar-refractivity contribution < 1.29 is 13.6 Å². The smallest absolute Gasteiger partial charge is 0.251 e. The summed E-state index contributed by atoms with van der Waals surface area (Å²) in [6.45, 7) is 13.0. The molecule has 1 aromatic heterocycles. The van der Waals surface area contributed by atoms with E-state index in [0.29, 0.717) is 16.6 Å². The van der Waals surface area contributed by atoms with E-state index in [1.54, 1.807) is 6.07 Å². The number of aromatic nitrogens is 1. The molecule has 2 rings (SSSR count). The second-order valence-corrected chi connectivity index (χ2v) is 12.6. The minimum absolute atomic E-state index is 0.168. The van der Waals surface area contributed by atoms with Crippen molar-refractivity contribution in [2.45, 2.75) is 70.3 Å². The molecule has 0 aromatic carbocycles. The average molecular weight is 338 g/mol. The van der Waals surface area contributed by atoms with Crippen LogP contribution in [0.3, 0.4) is 0 Å². The Bertz CT molecular complexity index is 556. The average Bonchev–Trinajstić information content (AvgIpc) is 2.45. The van der Waals surface area contributed by atoms with Crippen LogP contribution in [0.15, 0.2) is 18.3 Å². The zero-order chi connectivity index (χ0) is 17.4. The Hall–Kier alpha value is -1.27. The van der Waals surface area contributed by atoms with Gasteiger partial charge in [-0.25, -0.2) is 4.39 Å². The van der Waals surface area contributed by atoms with Gasteiger partial charge in [-0.2, -0.15) is 0 Å². The molecule has 2 heterocycles. The molecule has 0 aliphatic carbocycles. The quantitative estimate of drug-likeness (QED) is 0.631. The highest BCUT2D eigenvalue weighted by Gasteiger charge is 2.53. The molecule has 6 heteroatoms. The van der Waals surface area contributed by atoms with Gasteiger partial charge in [-0.05, 0) is 28.8 Å². The second-order valence-electron chi connectivity index (χ2n) is 7.21. The second kappa shape index (κ2) is 6.69. The maximum atomic E-state index is 14.0. The van der Waals surface area contributed by atoms with Crippen molar-refractivity contribution in [3.05, 3.63) is 29.8 Å². The maximum absolute atomic E-state index is 14.0. The number of β-lactam (4-membered cyclic amide) rings is 1. The molecule has 1 amide bonds. The number of pyridine rings is 1. The minimum atomic E-state index is -2.21. The lowest BCUT2D eigenvalue weighted by molar-refractivity contribution is -0.141. The molecule has 128 valence electrons. The first-order valence-corrected chi connectivity index (χ1v) is 10.4. The summed E-state index contributed by atoms with van der Waals surface area (Å²) in [6, 6.07) is 2.42. The largest absolute Gasteiger partial charge is 0.402 e. The Balaban J connectivity index is 2.32. The van der Waals surface area contributed by atoms with Crippen LogP contribution >= 0.6 is 0 Å². The fourth-order valence-electron chi connectivity index (χ4n) is 3.95. The number of amides is 1. The lowest BCUT2D eigenvalue weighted by Gasteiger charge is -2.48. The predicted molar refractivity (Wildman–Crippen MR) is 91.0 cm³/mol. The van der Waals surface area contributed by atoms with Gasteiger partial charge in [0.1, 0.15) is 17.6 Å². The monoisotopic (exact) mass is 338 g/mol. The van der Waals surface area contributed by atoms with Crippen molar-refractivity contribution in [3.63, 3.8) is 0 Å². The van der Waals surface area contributed by atoms with Crippen LogP contribution in [0.5, 0.6) is 0 Å². The summed E-state index contributed by atoms with van der Waals surface area (Å²) >= 11 is 0. The lowest BCUT2D eigenvalue weighted by atomic mass is 9.98. The van der Waals surface area contributed by atoms with Crippen molar-refractivity contribution in [1.82, 2.24) is 10.3 Å². The molecule has 1 N–H and O–H groups in total. The van der Waals surface area contributed by atoms with Gasteiger partial charge in [-0.3, -0.25) is 9.78 Å². The summed E-state index contributed by atoms with van der Waals surface area (Å²) in [4.78, 5) is 16.2. The van der Waals surface area contributed by atoms with Gasteiger partial charge in [0.25, 0.3) is 5.91 Å². The molecule has 0 radical (unpaired) electrons. The van der Waals surface area contributed by atoms with Crippen molar-refractivity contribution >= 4 is 14.2 Å². The van der Waals surface area contributed by atoms with Gasteiger partial charge in [0.05, 0.1) is 0 Å². The van der Waals surface area contributed by atoms with Gasteiger partial charge in [0.15, 0.2) is 6.10 Å². The maximum Gasteiger partial charge on any atom is 0.251 e. The molecule has 23 heavy (non-hydrogen) atoms. The van der Waals surface area contributed by atoms with Crippen molar-refractivity contribution in [1.29, 1.82) is 0 Å². The van der Waals surface area contributed by atoms with Crippen LogP contribution in [0.25, 0.3) is 0 Å². The van der Waals surface area contributed by atoms with E-state index in [1.165, 1.54) is 12.3 Å². The fourth-order valence-corrected chi connectivity index (χ4v) is 9.45. The highest BCUT2D eigenvalue weighted by Crippen LogP contribution is 2.45. The first-order valence-electron chi connectivity index (χ1n) is 8.30. The summed E-state index contributed by atoms with van der Waals surface area (Å²) in [5.74, 6) is -0.573. The molecule has 0 saturated carbocycles. The van der Waals surface area contributed by atoms with E-state index in [-0.39, 0.29) is 11.6 Å². The van der Waals surface area contributed by atoms with Gasteiger partial charge in [-0.1, -0.05) is 41.5 Å². The van der Waals surface area contributed by atoms with Gasteiger partial charge < -0.3 is 9.74 Å². The molecule has 4 nitrogen and oxygen atoms in total. The number of hydrogen-bond acceptors (Lipinski definition) is 3. The van der Waals surface area contributed by atoms with E-state index in [9.17, 15) is 9.18 Å². The number of halogens is 1. The van der Waals surface area contributed by atoms with E-state index in [1.807, 2.05) is 0 Å². The fraction of sp³-hybridized carbons (Fsp3) is 0.647. The first kappa shape index (κ1) is 18.1. The molecule has 1 aliphatic heterocycles. The third kappa shape index (κ3) is 3.06. The SMILES string of the molecule is CC(C)[Si](O[C@H]1C(=O)N[C@H]1c1ncccc1F)(C(C)C)C(C)C. The molecular formula is C17H27FN2O2Si. The van der Waals surface area contributed by atoms with Gasteiger partial charge in [0.2, 0.25) is 8.32 Å². The molecule has 0 spiro atoms. The van der Waals surface area contributed by atoms with Crippen LogP contribution < -0.4 is 5.32 Å². The van der Waals surface area contributed by atoms with Crippen molar-refractivity contribution in [2.24, 2.45) is 0 Å². The Morgan fingerprint density at radius 3 is 2.17 bits per heavy atom.